The Balaban J connectivity index is 1.64. The lowest BCUT2D eigenvalue weighted by Gasteiger charge is -2.33. The highest BCUT2D eigenvalue weighted by Crippen LogP contribution is 2.30. The molecule has 1 aliphatic rings. The van der Waals surface area contributed by atoms with Gasteiger partial charge in [-0.2, -0.15) is 0 Å². The van der Waals surface area contributed by atoms with E-state index >= 15 is 0 Å². The second kappa shape index (κ2) is 14.4. The molecule has 212 valence electrons. The van der Waals surface area contributed by atoms with Crippen LogP contribution >= 0.6 is 23.2 Å². The molecular formula is C32H36Cl2N2O4. The number of rotatable bonds is 12. The van der Waals surface area contributed by atoms with Crippen LogP contribution in [0, 0.1) is 0 Å². The van der Waals surface area contributed by atoms with Gasteiger partial charge < -0.3 is 19.7 Å². The van der Waals surface area contributed by atoms with Crippen LogP contribution < -0.4 is 14.8 Å². The lowest BCUT2D eigenvalue weighted by Crippen LogP contribution is -2.52. The largest absolute Gasteiger partial charge is 0.493 e. The Morgan fingerprint density at radius 2 is 1.57 bits per heavy atom. The lowest BCUT2D eigenvalue weighted by molar-refractivity contribution is -0.141. The van der Waals surface area contributed by atoms with Crippen LogP contribution in [0.4, 0.5) is 0 Å². The van der Waals surface area contributed by atoms with Crippen LogP contribution in [-0.4, -0.2) is 43.0 Å². The quantitative estimate of drug-likeness (QED) is 0.260. The molecule has 1 saturated carbocycles. The maximum atomic E-state index is 14.0. The Labute approximate surface area is 246 Å². The Kier molecular flexibility index (Phi) is 10.7. The molecule has 0 saturated heterocycles. The predicted molar refractivity (Wildman–Crippen MR) is 159 cm³/mol. The fourth-order valence-corrected chi connectivity index (χ4v) is 5.72. The summed E-state index contributed by atoms with van der Waals surface area (Å²) in [5, 5.41) is 4.14. The summed E-state index contributed by atoms with van der Waals surface area (Å²) >= 11 is 13.1. The minimum atomic E-state index is -0.728. The number of benzene rings is 3. The molecule has 3 aromatic carbocycles. The highest BCUT2D eigenvalue weighted by atomic mass is 35.5. The molecule has 40 heavy (non-hydrogen) atoms. The van der Waals surface area contributed by atoms with E-state index in [1.165, 1.54) is 0 Å². The minimum Gasteiger partial charge on any atom is -0.493 e. The number of hydrogen-bond acceptors (Lipinski definition) is 4. The van der Waals surface area contributed by atoms with Crippen molar-refractivity contribution in [3.63, 3.8) is 0 Å². The zero-order valence-electron chi connectivity index (χ0n) is 23.0. The van der Waals surface area contributed by atoms with Gasteiger partial charge in [0.15, 0.2) is 11.5 Å². The van der Waals surface area contributed by atoms with Crippen molar-refractivity contribution >= 4 is 35.0 Å². The summed E-state index contributed by atoms with van der Waals surface area (Å²) in [5.74, 6) is 0.913. The first kappa shape index (κ1) is 29.8. The Morgan fingerprint density at radius 3 is 2.23 bits per heavy atom. The van der Waals surface area contributed by atoms with E-state index in [0.717, 1.165) is 36.8 Å². The topological polar surface area (TPSA) is 67.9 Å². The molecular weight excluding hydrogens is 547 g/mol. The average Bonchev–Trinajstić information content (AvgIpc) is 3.48. The van der Waals surface area contributed by atoms with Crippen LogP contribution in [0.3, 0.4) is 0 Å². The number of amides is 2. The summed E-state index contributed by atoms with van der Waals surface area (Å²) in [5.41, 5.74) is 2.52. The van der Waals surface area contributed by atoms with Crippen LogP contribution in [0.2, 0.25) is 10.0 Å². The van der Waals surface area contributed by atoms with E-state index in [2.05, 4.69) is 5.32 Å². The lowest BCUT2D eigenvalue weighted by atomic mass is 10.0. The van der Waals surface area contributed by atoms with Crippen LogP contribution in [0.1, 0.15) is 48.8 Å². The first-order valence-corrected chi connectivity index (χ1v) is 14.4. The fourth-order valence-electron chi connectivity index (χ4n) is 5.21. The summed E-state index contributed by atoms with van der Waals surface area (Å²) in [6.45, 7) is 0.124. The molecule has 2 amide bonds. The van der Waals surface area contributed by atoms with E-state index in [0.29, 0.717) is 39.9 Å². The van der Waals surface area contributed by atoms with Gasteiger partial charge in [0.1, 0.15) is 6.04 Å². The second-order valence-corrected chi connectivity index (χ2v) is 10.9. The van der Waals surface area contributed by atoms with Crippen molar-refractivity contribution in [3.8, 4) is 11.5 Å². The minimum absolute atomic E-state index is 0.124. The molecule has 1 unspecified atom stereocenters. The van der Waals surface area contributed by atoms with Crippen LogP contribution in [0.25, 0.3) is 0 Å². The van der Waals surface area contributed by atoms with Crippen molar-refractivity contribution in [1.82, 2.24) is 10.2 Å². The summed E-state index contributed by atoms with van der Waals surface area (Å²) in [7, 11) is 3.17. The van der Waals surface area contributed by atoms with Gasteiger partial charge in [-0.05, 0) is 54.7 Å². The van der Waals surface area contributed by atoms with E-state index in [4.69, 9.17) is 32.7 Å². The van der Waals surface area contributed by atoms with Crippen molar-refractivity contribution in [1.29, 1.82) is 0 Å². The number of methoxy groups -OCH3 is 2. The smallest absolute Gasteiger partial charge is 0.243 e. The Bertz CT molecular complexity index is 1280. The van der Waals surface area contributed by atoms with Gasteiger partial charge in [0, 0.05) is 41.0 Å². The zero-order valence-corrected chi connectivity index (χ0v) is 24.5. The van der Waals surface area contributed by atoms with Crippen LogP contribution in [0.15, 0.2) is 66.7 Å². The average molecular weight is 584 g/mol. The molecule has 0 aliphatic heterocycles. The molecule has 0 aromatic heterocycles. The van der Waals surface area contributed by atoms with E-state index in [-0.39, 0.29) is 30.8 Å². The van der Waals surface area contributed by atoms with Gasteiger partial charge in [-0.3, -0.25) is 9.59 Å². The van der Waals surface area contributed by atoms with Crippen LogP contribution in [-0.2, 0) is 29.0 Å². The number of aryl methyl sites for hydroxylation is 1. The number of hydrogen-bond donors (Lipinski definition) is 1. The number of ether oxygens (including phenoxy) is 2. The van der Waals surface area contributed by atoms with Crippen molar-refractivity contribution in [2.75, 3.05) is 14.2 Å². The predicted octanol–water partition coefficient (Wildman–Crippen LogP) is 6.64. The third-order valence-electron chi connectivity index (χ3n) is 7.44. The van der Waals surface area contributed by atoms with Crippen LogP contribution in [0.5, 0.6) is 11.5 Å². The van der Waals surface area contributed by atoms with Gasteiger partial charge in [-0.1, -0.05) is 78.5 Å². The third-order valence-corrected chi connectivity index (χ3v) is 8.15. The Hall–Kier alpha value is -3.22. The van der Waals surface area contributed by atoms with Crippen molar-refractivity contribution in [2.45, 2.75) is 63.6 Å². The highest BCUT2D eigenvalue weighted by molar-refractivity contribution is 6.36. The summed E-state index contributed by atoms with van der Waals surface area (Å²) in [6.07, 6.45) is 5.13. The highest BCUT2D eigenvalue weighted by Gasteiger charge is 2.32. The summed E-state index contributed by atoms with van der Waals surface area (Å²) in [6, 6.07) is 20.0. The molecule has 1 aliphatic carbocycles. The van der Waals surface area contributed by atoms with Crippen molar-refractivity contribution in [2.24, 2.45) is 0 Å². The number of nitrogens with one attached hydrogen (secondary N) is 1. The van der Waals surface area contributed by atoms with Crippen molar-refractivity contribution in [3.05, 3.63) is 93.5 Å². The number of carbonyl (C=O) groups is 2. The number of halogens is 2. The molecule has 3 aromatic rings. The summed E-state index contributed by atoms with van der Waals surface area (Å²) < 4.78 is 10.8. The van der Waals surface area contributed by atoms with Gasteiger partial charge in [0.2, 0.25) is 11.8 Å². The molecule has 0 radical (unpaired) electrons. The molecule has 8 heteroatoms. The third kappa shape index (κ3) is 7.70. The second-order valence-electron chi connectivity index (χ2n) is 10.1. The van der Waals surface area contributed by atoms with Gasteiger partial charge in [0.25, 0.3) is 0 Å². The van der Waals surface area contributed by atoms with Gasteiger partial charge in [-0.15, -0.1) is 0 Å². The molecule has 6 nitrogen and oxygen atoms in total. The standard InChI is InChI=1S/C32H36Cl2N2O4/c1-39-29-17-15-23(20-30(29)40-2)16-18-31(37)36(21-25-26(33)13-8-14-27(25)34)28(19-22-9-4-3-5-10-22)32(38)35-24-11-6-7-12-24/h3-5,8-10,13-15,17,20,24,28H,6-7,11-12,16,18-19,21H2,1-2H3,(H,35,38). The van der Waals surface area contributed by atoms with Gasteiger partial charge in [0.05, 0.1) is 14.2 Å². The first-order valence-electron chi connectivity index (χ1n) is 13.7. The van der Waals surface area contributed by atoms with Gasteiger partial charge >= 0.3 is 0 Å². The SMILES string of the molecule is COc1ccc(CCC(=O)N(Cc2c(Cl)cccc2Cl)C(Cc2ccccc2)C(=O)NC2CCCC2)cc1OC. The van der Waals surface area contributed by atoms with E-state index < -0.39 is 6.04 Å². The molecule has 1 atom stereocenters. The molecule has 1 N–H and O–H groups in total. The molecule has 4 rings (SSSR count). The number of carbonyl (C=O) groups excluding carboxylic acids is 2. The molecule has 0 bridgehead atoms. The van der Waals surface area contributed by atoms with Gasteiger partial charge in [-0.25, -0.2) is 0 Å². The normalized spacial score (nSPS) is 14.0. The van der Waals surface area contributed by atoms with Crippen molar-refractivity contribution < 1.29 is 19.1 Å². The monoisotopic (exact) mass is 582 g/mol. The molecule has 1 fully saturated rings. The maximum Gasteiger partial charge on any atom is 0.243 e. The maximum absolute atomic E-state index is 14.0. The fraction of sp³-hybridized carbons (Fsp3) is 0.375. The molecule has 0 heterocycles. The Morgan fingerprint density at radius 1 is 0.900 bits per heavy atom. The van der Waals surface area contributed by atoms with E-state index in [1.807, 2.05) is 48.5 Å². The summed E-state index contributed by atoms with van der Waals surface area (Å²) in [4.78, 5) is 29.5. The zero-order chi connectivity index (χ0) is 28.5. The number of nitrogens with zero attached hydrogens (tertiary/aromatic N) is 1. The van der Waals surface area contributed by atoms with E-state index in [1.54, 1.807) is 37.3 Å². The van der Waals surface area contributed by atoms with E-state index in [9.17, 15) is 9.59 Å². The molecule has 0 spiro atoms. The first-order chi connectivity index (χ1) is 19.4.